The molecule has 0 aromatic heterocycles. The number of para-hydroxylation sites is 1. The molecule has 82 valence electrons. The van der Waals surface area contributed by atoms with E-state index in [0.717, 1.165) is 0 Å². The van der Waals surface area contributed by atoms with Crippen LogP contribution in [0.2, 0.25) is 0 Å². The highest BCUT2D eigenvalue weighted by atomic mass is 16.5. The molecule has 0 aliphatic rings. The Morgan fingerprint density at radius 3 is 1.94 bits per heavy atom. The largest absolute Gasteiger partial charge is 0.453 e. The second kappa shape index (κ2) is 4.02. The van der Waals surface area contributed by atoms with E-state index >= 15 is 0 Å². The molecule has 2 aromatic rings. The minimum absolute atomic E-state index is 0.432. The summed E-state index contributed by atoms with van der Waals surface area (Å²) in [7, 11) is 0. The molecular formula is C12H13N3O. The van der Waals surface area contributed by atoms with E-state index in [4.69, 9.17) is 21.9 Å². The third-order valence-corrected chi connectivity index (χ3v) is 2.13. The quantitative estimate of drug-likeness (QED) is 0.670. The first kappa shape index (κ1) is 10.2. The van der Waals surface area contributed by atoms with Crippen LogP contribution >= 0.6 is 0 Å². The lowest BCUT2D eigenvalue weighted by Gasteiger charge is -2.11. The number of anilines is 3. The number of rotatable bonds is 2. The Morgan fingerprint density at radius 1 is 0.812 bits per heavy atom. The Bertz CT molecular complexity index is 474. The van der Waals surface area contributed by atoms with Gasteiger partial charge in [0.2, 0.25) is 0 Å². The van der Waals surface area contributed by atoms with Crippen molar-refractivity contribution in [3.8, 4) is 11.5 Å². The molecule has 2 aromatic carbocycles. The van der Waals surface area contributed by atoms with Crippen LogP contribution in [0.3, 0.4) is 0 Å². The van der Waals surface area contributed by atoms with Crippen molar-refractivity contribution in [3.63, 3.8) is 0 Å². The van der Waals surface area contributed by atoms with Crippen molar-refractivity contribution < 1.29 is 4.74 Å². The van der Waals surface area contributed by atoms with Crippen LogP contribution < -0.4 is 21.9 Å². The lowest BCUT2D eigenvalue weighted by molar-refractivity contribution is 0.487. The fraction of sp³-hybridized carbons (Fsp3) is 0. The van der Waals surface area contributed by atoms with E-state index < -0.39 is 0 Å². The summed E-state index contributed by atoms with van der Waals surface area (Å²) in [6.07, 6.45) is 0. The third-order valence-electron chi connectivity index (χ3n) is 2.13. The van der Waals surface area contributed by atoms with Crippen LogP contribution in [0.1, 0.15) is 0 Å². The van der Waals surface area contributed by atoms with Crippen LogP contribution in [0, 0.1) is 0 Å². The maximum atomic E-state index is 5.79. The number of nitrogens with two attached hydrogens (primary N) is 3. The van der Waals surface area contributed by atoms with Gasteiger partial charge in [0, 0.05) is 5.69 Å². The average molecular weight is 215 g/mol. The van der Waals surface area contributed by atoms with Crippen molar-refractivity contribution in [3.05, 3.63) is 42.5 Å². The molecule has 0 aliphatic carbocycles. The summed E-state index contributed by atoms with van der Waals surface area (Å²) in [5.74, 6) is 1.13. The molecule has 2 rings (SSSR count). The Balaban J connectivity index is 2.35. The van der Waals surface area contributed by atoms with E-state index in [1.807, 2.05) is 30.3 Å². The lowest BCUT2D eigenvalue weighted by atomic mass is 10.2. The second-order valence-electron chi connectivity index (χ2n) is 3.44. The van der Waals surface area contributed by atoms with Crippen molar-refractivity contribution in [1.82, 2.24) is 0 Å². The molecule has 0 radical (unpaired) electrons. The van der Waals surface area contributed by atoms with Gasteiger partial charge in [0.1, 0.15) is 5.75 Å². The summed E-state index contributed by atoms with van der Waals surface area (Å²) < 4.78 is 5.59. The zero-order valence-electron chi connectivity index (χ0n) is 8.68. The predicted octanol–water partition coefficient (Wildman–Crippen LogP) is 2.23. The zero-order chi connectivity index (χ0) is 11.5. The van der Waals surface area contributed by atoms with Crippen LogP contribution in [0.4, 0.5) is 17.1 Å². The molecule has 0 unspecified atom stereocenters. The molecule has 0 saturated heterocycles. The summed E-state index contributed by atoms with van der Waals surface area (Å²) >= 11 is 0. The molecule has 0 heterocycles. The van der Waals surface area contributed by atoms with Crippen LogP contribution in [0.5, 0.6) is 11.5 Å². The van der Waals surface area contributed by atoms with E-state index in [9.17, 15) is 0 Å². The van der Waals surface area contributed by atoms with E-state index in [1.165, 1.54) is 0 Å². The van der Waals surface area contributed by atoms with Gasteiger partial charge >= 0.3 is 0 Å². The highest BCUT2D eigenvalue weighted by Crippen LogP contribution is 2.35. The summed E-state index contributed by atoms with van der Waals surface area (Å²) in [5.41, 5.74) is 18.6. The molecule has 0 amide bonds. The SMILES string of the molecule is Nc1cc(N)c(Oc2ccccc2)c(N)c1. The van der Waals surface area contributed by atoms with Crippen LogP contribution in [-0.4, -0.2) is 0 Å². The van der Waals surface area contributed by atoms with Crippen molar-refractivity contribution >= 4 is 17.1 Å². The van der Waals surface area contributed by atoms with Crippen LogP contribution in [0.15, 0.2) is 42.5 Å². The van der Waals surface area contributed by atoms with E-state index in [1.54, 1.807) is 12.1 Å². The summed E-state index contributed by atoms with van der Waals surface area (Å²) in [6, 6.07) is 12.5. The Morgan fingerprint density at radius 2 is 1.38 bits per heavy atom. The predicted molar refractivity (Wildman–Crippen MR) is 66.2 cm³/mol. The van der Waals surface area contributed by atoms with Gasteiger partial charge in [-0.15, -0.1) is 0 Å². The monoisotopic (exact) mass is 215 g/mol. The van der Waals surface area contributed by atoms with Gasteiger partial charge < -0.3 is 21.9 Å². The first-order valence-electron chi connectivity index (χ1n) is 4.84. The van der Waals surface area contributed by atoms with E-state index in [-0.39, 0.29) is 0 Å². The lowest BCUT2D eigenvalue weighted by Crippen LogP contribution is -1.99. The van der Waals surface area contributed by atoms with Gasteiger partial charge in [0.05, 0.1) is 11.4 Å². The van der Waals surface area contributed by atoms with Gasteiger partial charge in [-0.05, 0) is 24.3 Å². The maximum absolute atomic E-state index is 5.79. The minimum Gasteiger partial charge on any atom is -0.453 e. The maximum Gasteiger partial charge on any atom is 0.173 e. The van der Waals surface area contributed by atoms with Gasteiger partial charge in [-0.1, -0.05) is 18.2 Å². The molecule has 0 bridgehead atoms. The summed E-state index contributed by atoms with van der Waals surface area (Å²) in [4.78, 5) is 0. The van der Waals surface area contributed by atoms with Crippen molar-refractivity contribution in [2.75, 3.05) is 17.2 Å². The summed E-state index contributed by atoms with van der Waals surface area (Å²) in [5, 5.41) is 0. The molecule has 0 fully saturated rings. The first-order valence-corrected chi connectivity index (χ1v) is 4.84. The van der Waals surface area contributed by atoms with Gasteiger partial charge in [0.25, 0.3) is 0 Å². The average Bonchev–Trinajstić information content (AvgIpc) is 2.25. The smallest absolute Gasteiger partial charge is 0.173 e. The number of hydrogen-bond acceptors (Lipinski definition) is 4. The van der Waals surface area contributed by atoms with Crippen molar-refractivity contribution in [2.24, 2.45) is 0 Å². The number of ether oxygens (including phenoxy) is 1. The van der Waals surface area contributed by atoms with Crippen molar-refractivity contribution in [2.45, 2.75) is 0 Å². The molecule has 0 aliphatic heterocycles. The fourth-order valence-electron chi connectivity index (χ4n) is 1.42. The molecule has 0 saturated carbocycles. The van der Waals surface area contributed by atoms with Gasteiger partial charge in [0.15, 0.2) is 5.75 Å². The highest BCUT2D eigenvalue weighted by molar-refractivity contribution is 5.74. The normalized spacial score (nSPS) is 10.0. The molecular weight excluding hydrogens is 202 g/mol. The van der Waals surface area contributed by atoms with E-state index in [0.29, 0.717) is 28.6 Å². The highest BCUT2D eigenvalue weighted by Gasteiger charge is 2.07. The minimum atomic E-state index is 0.432. The second-order valence-corrected chi connectivity index (χ2v) is 3.44. The number of benzene rings is 2. The fourth-order valence-corrected chi connectivity index (χ4v) is 1.42. The Labute approximate surface area is 93.6 Å². The molecule has 4 nitrogen and oxygen atoms in total. The molecule has 0 atom stereocenters. The standard InChI is InChI=1S/C12H13N3O/c13-8-6-10(14)12(11(15)7-8)16-9-4-2-1-3-5-9/h1-7H,13-15H2. The van der Waals surface area contributed by atoms with E-state index in [2.05, 4.69) is 0 Å². The zero-order valence-corrected chi connectivity index (χ0v) is 8.68. The topological polar surface area (TPSA) is 87.3 Å². The molecule has 4 heteroatoms. The van der Waals surface area contributed by atoms with Crippen LogP contribution in [-0.2, 0) is 0 Å². The van der Waals surface area contributed by atoms with Crippen molar-refractivity contribution in [1.29, 1.82) is 0 Å². The van der Waals surface area contributed by atoms with Gasteiger partial charge in [-0.2, -0.15) is 0 Å². The molecule has 0 spiro atoms. The summed E-state index contributed by atoms with van der Waals surface area (Å²) in [6.45, 7) is 0. The number of hydrogen-bond donors (Lipinski definition) is 3. The molecule has 6 N–H and O–H groups in total. The third kappa shape index (κ3) is 2.00. The number of nitrogen functional groups attached to an aromatic ring is 3. The Hall–Kier alpha value is -2.36. The molecule has 16 heavy (non-hydrogen) atoms. The van der Waals surface area contributed by atoms with Crippen LogP contribution in [0.25, 0.3) is 0 Å². The van der Waals surface area contributed by atoms with Gasteiger partial charge in [-0.25, -0.2) is 0 Å². The first-order chi connectivity index (χ1) is 7.66. The Kier molecular flexibility index (Phi) is 2.55. The van der Waals surface area contributed by atoms with Gasteiger partial charge in [-0.3, -0.25) is 0 Å².